The van der Waals surface area contributed by atoms with Crippen LogP contribution >= 0.6 is 0 Å². The topological polar surface area (TPSA) is 120 Å². The Kier molecular flexibility index (Phi) is 10.5. The molecule has 0 fully saturated rings. The highest BCUT2D eigenvalue weighted by molar-refractivity contribution is 5.91. The fourth-order valence-electron chi connectivity index (χ4n) is 4.20. The molecule has 0 aliphatic heterocycles. The molecule has 210 valence electrons. The monoisotopic (exact) mass is 551 g/mol. The van der Waals surface area contributed by atoms with Gasteiger partial charge in [-0.05, 0) is 34.4 Å². The van der Waals surface area contributed by atoms with E-state index in [1.807, 2.05) is 115 Å². The number of nitrogens with one attached hydrogen (secondary N) is 2. The average Bonchev–Trinajstić information content (AvgIpc) is 3.00. The van der Waals surface area contributed by atoms with E-state index in [9.17, 15) is 14.4 Å². The van der Waals surface area contributed by atoms with E-state index in [2.05, 4.69) is 10.6 Å². The second kappa shape index (κ2) is 14.9. The Bertz CT molecular complexity index is 1410. The maximum atomic E-state index is 13.4. The third-order valence-electron chi connectivity index (χ3n) is 6.35. The quantitative estimate of drug-likeness (QED) is 0.229. The van der Waals surface area contributed by atoms with Gasteiger partial charge in [-0.2, -0.15) is 0 Å². The Labute approximate surface area is 239 Å². The summed E-state index contributed by atoms with van der Waals surface area (Å²) in [5, 5.41) is 5.36. The van der Waals surface area contributed by atoms with Crippen LogP contribution < -0.4 is 21.1 Å². The predicted molar refractivity (Wildman–Crippen MR) is 156 cm³/mol. The van der Waals surface area contributed by atoms with Crippen LogP contribution in [0.2, 0.25) is 0 Å². The molecule has 0 heterocycles. The molecule has 0 aromatic heterocycles. The fraction of sp³-hybridized carbons (Fsp3) is 0.182. The Balaban J connectivity index is 1.40. The number of benzene rings is 4. The van der Waals surface area contributed by atoms with Crippen molar-refractivity contribution in [2.75, 3.05) is 0 Å². The Morgan fingerprint density at radius 3 is 1.76 bits per heavy atom. The normalized spacial score (nSPS) is 12.0. The van der Waals surface area contributed by atoms with Crippen LogP contribution in [0.3, 0.4) is 0 Å². The summed E-state index contributed by atoms with van der Waals surface area (Å²) in [6.45, 7) is 0.451. The van der Waals surface area contributed by atoms with Gasteiger partial charge in [-0.25, -0.2) is 4.79 Å². The Hall–Kier alpha value is -5.11. The summed E-state index contributed by atoms with van der Waals surface area (Å²) in [6, 6.07) is 33.5. The molecule has 0 spiro atoms. The molecule has 8 nitrogen and oxygen atoms in total. The van der Waals surface area contributed by atoms with Crippen LogP contribution in [-0.4, -0.2) is 30.0 Å². The molecule has 2 atom stereocenters. The second-order valence-electron chi connectivity index (χ2n) is 9.54. The van der Waals surface area contributed by atoms with Crippen molar-refractivity contribution < 1.29 is 23.9 Å². The maximum absolute atomic E-state index is 13.4. The van der Waals surface area contributed by atoms with Gasteiger partial charge >= 0.3 is 6.09 Å². The minimum absolute atomic E-state index is 0.0545. The van der Waals surface area contributed by atoms with Gasteiger partial charge in [0.05, 0.1) is 0 Å². The van der Waals surface area contributed by atoms with E-state index in [0.29, 0.717) is 12.4 Å². The number of hydrogen-bond donors (Lipinski definition) is 3. The smallest absolute Gasteiger partial charge is 0.408 e. The van der Waals surface area contributed by atoms with Crippen molar-refractivity contribution in [2.24, 2.45) is 5.73 Å². The van der Waals surface area contributed by atoms with Crippen LogP contribution in [0.5, 0.6) is 5.75 Å². The molecule has 4 rings (SSSR count). The van der Waals surface area contributed by atoms with Crippen LogP contribution in [0.1, 0.15) is 22.3 Å². The molecule has 4 aromatic rings. The number of nitrogens with two attached hydrogens (primary N) is 1. The van der Waals surface area contributed by atoms with Crippen LogP contribution in [-0.2, 0) is 40.4 Å². The maximum Gasteiger partial charge on any atom is 0.408 e. The van der Waals surface area contributed by atoms with Gasteiger partial charge in [0.25, 0.3) is 0 Å². The summed E-state index contributed by atoms with van der Waals surface area (Å²) in [6.07, 6.45) is -0.398. The van der Waals surface area contributed by atoms with Crippen molar-refractivity contribution in [1.82, 2.24) is 10.6 Å². The molecule has 4 N–H and O–H groups in total. The lowest BCUT2D eigenvalue weighted by atomic mass is 10.0. The molecule has 0 saturated heterocycles. The van der Waals surface area contributed by atoms with Crippen LogP contribution in [0.25, 0.3) is 0 Å². The molecule has 3 amide bonds. The number of rotatable bonds is 13. The van der Waals surface area contributed by atoms with E-state index >= 15 is 0 Å². The number of hydrogen-bond acceptors (Lipinski definition) is 5. The lowest BCUT2D eigenvalue weighted by Crippen LogP contribution is -2.54. The van der Waals surface area contributed by atoms with Gasteiger partial charge in [-0.1, -0.05) is 103 Å². The predicted octanol–water partition coefficient (Wildman–Crippen LogP) is 4.32. The highest BCUT2D eigenvalue weighted by atomic mass is 16.5. The van der Waals surface area contributed by atoms with Crippen molar-refractivity contribution in [3.05, 3.63) is 138 Å². The zero-order valence-electron chi connectivity index (χ0n) is 22.6. The van der Waals surface area contributed by atoms with Crippen molar-refractivity contribution in [3.63, 3.8) is 0 Å². The van der Waals surface area contributed by atoms with Crippen molar-refractivity contribution in [3.8, 4) is 5.75 Å². The first kappa shape index (κ1) is 28.9. The molecule has 0 radical (unpaired) electrons. The third kappa shape index (κ3) is 9.54. The molecular weight excluding hydrogens is 518 g/mol. The van der Waals surface area contributed by atoms with Crippen LogP contribution in [0.4, 0.5) is 4.79 Å². The first-order chi connectivity index (χ1) is 20.0. The minimum atomic E-state index is -1.01. The summed E-state index contributed by atoms with van der Waals surface area (Å²) in [7, 11) is 0. The van der Waals surface area contributed by atoms with Gasteiger partial charge in [0.2, 0.25) is 11.8 Å². The molecule has 0 saturated carbocycles. The molecule has 4 aromatic carbocycles. The number of amides is 3. The zero-order valence-corrected chi connectivity index (χ0v) is 22.6. The number of carbonyl (C=O) groups excluding carboxylic acids is 3. The van der Waals surface area contributed by atoms with Gasteiger partial charge in [-0.3, -0.25) is 9.59 Å². The van der Waals surface area contributed by atoms with E-state index in [1.54, 1.807) is 0 Å². The average molecular weight is 552 g/mol. The first-order valence-corrected chi connectivity index (χ1v) is 13.3. The van der Waals surface area contributed by atoms with E-state index in [1.165, 1.54) is 0 Å². The van der Waals surface area contributed by atoms with Crippen LogP contribution in [0, 0.1) is 0 Å². The summed E-state index contributed by atoms with van der Waals surface area (Å²) in [4.78, 5) is 38.4. The van der Waals surface area contributed by atoms with Crippen molar-refractivity contribution in [2.45, 2.75) is 38.1 Å². The van der Waals surface area contributed by atoms with E-state index in [4.69, 9.17) is 15.2 Å². The molecule has 41 heavy (non-hydrogen) atoms. The summed E-state index contributed by atoms with van der Waals surface area (Å²) in [5.74, 6) is -0.615. The Morgan fingerprint density at radius 2 is 1.15 bits per heavy atom. The largest absolute Gasteiger partial charge is 0.489 e. The fourth-order valence-corrected chi connectivity index (χ4v) is 4.20. The number of carbonyl (C=O) groups is 3. The zero-order chi connectivity index (χ0) is 28.9. The molecule has 0 bridgehead atoms. The SMILES string of the molecule is NC(=O)[C@H](Cc1cccc(OCc2ccccc2)c1)NC(=O)[C@@H](Cc1ccccc1)NC(=O)OCc1ccccc1. The molecule has 0 aliphatic rings. The minimum Gasteiger partial charge on any atom is -0.489 e. The van der Waals surface area contributed by atoms with Crippen molar-refractivity contribution in [1.29, 1.82) is 0 Å². The molecule has 8 heteroatoms. The Morgan fingerprint density at radius 1 is 0.610 bits per heavy atom. The number of alkyl carbamates (subject to hydrolysis) is 1. The van der Waals surface area contributed by atoms with Gasteiger partial charge in [0, 0.05) is 12.8 Å². The van der Waals surface area contributed by atoms with Gasteiger partial charge in [0.1, 0.15) is 31.0 Å². The van der Waals surface area contributed by atoms with Gasteiger partial charge in [0.15, 0.2) is 0 Å². The molecule has 0 aliphatic carbocycles. The standard InChI is InChI=1S/C33H33N3O5/c34-31(37)29(21-27-17-10-18-28(19-27)40-22-25-13-6-2-7-14-25)35-32(38)30(20-24-11-4-1-5-12-24)36-33(39)41-23-26-15-8-3-9-16-26/h1-19,29-30H,20-23H2,(H2,34,37)(H,35,38)(H,36,39)/t29-,30+/m0/s1. The lowest BCUT2D eigenvalue weighted by molar-refractivity contribution is -0.128. The van der Waals surface area contributed by atoms with E-state index < -0.39 is 30.0 Å². The molecule has 0 unspecified atom stereocenters. The summed E-state index contributed by atoms with van der Waals surface area (Å²) >= 11 is 0. The number of ether oxygens (including phenoxy) is 2. The highest BCUT2D eigenvalue weighted by Crippen LogP contribution is 2.17. The van der Waals surface area contributed by atoms with E-state index in [0.717, 1.165) is 22.3 Å². The summed E-state index contributed by atoms with van der Waals surface area (Å²) < 4.78 is 11.2. The van der Waals surface area contributed by atoms with Crippen LogP contribution in [0.15, 0.2) is 115 Å². The molecular formula is C33H33N3O5. The second-order valence-corrected chi connectivity index (χ2v) is 9.54. The first-order valence-electron chi connectivity index (χ1n) is 13.3. The third-order valence-corrected chi connectivity index (χ3v) is 6.35. The van der Waals surface area contributed by atoms with Gasteiger partial charge in [-0.15, -0.1) is 0 Å². The lowest BCUT2D eigenvalue weighted by Gasteiger charge is -2.22. The van der Waals surface area contributed by atoms with E-state index in [-0.39, 0.29) is 19.4 Å². The highest BCUT2D eigenvalue weighted by Gasteiger charge is 2.27. The number of primary amides is 1. The van der Waals surface area contributed by atoms with Gasteiger partial charge < -0.3 is 25.8 Å². The summed E-state index contributed by atoms with van der Waals surface area (Å²) in [5.41, 5.74) is 9.10. The van der Waals surface area contributed by atoms with Crippen molar-refractivity contribution >= 4 is 17.9 Å².